The van der Waals surface area contributed by atoms with Crippen molar-refractivity contribution in [2.24, 2.45) is 0 Å². The van der Waals surface area contributed by atoms with E-state index in [1.165, 1.54) is 35.5 Å². The Bertz CT molecular complexity index is 955. The molecule has 28 heavy (non-hydrogen) atoms. The molecule has 1 aliphatic heterocycles. The van der Waals surface area contributed by atoms with E-state index in [0.29, 0.717) is 43.1 Å². The Labute approximate surface area is 161 Å². The van der Waals surface area contributed by atoms with Crippen LogP contribution in [0.5, 0.6) is 17.5 Å². The Kier molecular flexibility index (Phi) is 5.66. The van der Waals surface area contributed by atoms with Crippen LogP contribution < -0.4 is 9.47 Å². The molecule has 0 unspecified atom stereocenters. The maximum absolute atomic E-state index is 11.1. The van der Waals surface area contributed by atoms with Gasteiger partial charge in [-0.05, 0) is 31.2 Å². The summed E-state index contributed by atoms with van der Waals surface area (Å²) in [5, 5.41) is 9.00. The van der Waals surface area contributed by atoms with Gasteiger partial charge in [0.25, 0.3) is 10.1 Å². The number of aromatic nitrogens is 2. The molecule has 1 fully saturated rings. The van der Waals surface area contributed by atoms with E-state index in [2.05, 4.69) is 9.97 Å². The fourth-order valence-electron chi connectivity index (χ4n) is 2.75. The lowest BCUT2D eigenvalue weighted by molar-refractivity contribution is 0.0864. The smallest absolute Gasteiger partial charge is 0.407 e. The van der Waals surface area contributed by atoms with Crippen LogP contribution in [0.15, 0.2) is 35.5 Å². The van der Waals surface area contributed by atoms with Crippen LogP contribution in [0, 0.1) is 6.92 Å². The van der Waals surface area contributed by atoms with Gasteiger partial charge in [-0.25, -0.2) is 14.8 Å². The van der Waals surface area contributed by atoms with E-state index in [-0.39, 0.29) is 16.9 Å². The number of carbonyl (C=O) groups is 1. The first-order chi connectivity index (χ1) is 13.2. The lowest BCUT2D eigenvalue weighted by atomic mass is 10.1. The van der Waals surface area contributed by atoms with Crippen molar-refractivity contribution in [3.8, 4) is 17.5 Å². The van der Waals surface area contributed by atoms with Crippen LogP contribution in [-0.4, -0.2) is 58.2 Å². The minimum Gasteiger partial charge on any atom is -0.474 e. The number of likely N-dealkylation sites (tertiary alicyclic amines) is 1. The number of piperidine rings is 1. The Morgan fingerprint density at radius 3 is 2.32 bits per heavy atom. The summed E-state index contributed by atoms with van der Waals surface area (Å²) in [6.07, 6.45) is 1.31. The van der Waals surface area contributed by atoms with Crippen LogP contribution in [0.4, 0.5) is 4.79 Å². The molecule has 1 aromatic carbocycles. The molecule has 150 valence electrons. The second kappa shape index (κ2) is 7.98. The van der Waals surface area contributed by atoms with Gasteiger partial charge in [-0.15, -0.1) is 0 Å². The van der Waals surface area contributed by atoms with Crippen molar-refractivity contribution in [2.75, 3.05) is 13.1 Å². The molecule has 1 aliphatic rings. The van der Waals surface area contributed by atoms with Gasteiger partial charge in [-0.1, -0.05) is 0 Å². The van der Waals surface area contributed by atoms with Gasteiger partial charge in [0.05, 0.1) is 10.5 Å². The van der Waals surface area contributed by atoms with Gasteiger partial charge in [0, 0.05) is 25.9 Å². The van der Waals surface area contributed by atoms with Gasteiger partial charge in [-0.3, -0.25) is 4.55 Å². The van der Waals surface area contributed by atoms with Crippen LogP contribution in [0.1, 0.15) is 18.4 Å². The molecule has 0 atom stereocenters. The molecular formula is C17H19N3O7S. The number of nitrogens with zero attached hydrogens (tertiary/aromatic N) is 3. The van der Waals surface area contributed by atoms with Gasteiger partial charge in [0.2, 0.25) is 11.8 Å². The van der Waals surface area contributed by atoms with E-state index in [1.54, 1.807) is 6.92 Å². The Morgan fingerprint density at radius 1 is 1.14 bits per heavy atom. The molecule has 1 saturated heterocycles. The van der Waals surface area contributed by atoms with Gasteiger partial charge in [0.15, 0.2) is 0 Å². The van der Waals surface area contributed by atoms with Gasteiger partial charge < -0.3 is 19.5 Å². The summed E-state index contributed by atoms with van der Waals surface area (Å²) in [5.74, 6) is 0.913. The van der Waals surface area contributed by atoms with Crippen molar-refractivity contribution >= 4 is 16.2 Å². The van der Waals surface area contributed by atoms with E-state index < -0.39 is 16.2 Å². The topological polar surface area (TPSA) is 139 Å². The third-order valence-electron chi connectivity index (χ3n) is 4.32. The quantitative estimate of drug-likeness (QED) is 0.712. The summed E-state index contributed by atoms with van der Waals surface area (Å²) in [6, 6.07) is 5.23. The molecule has 0 radical (unpaired) electrons. The van der Waals surface area contributed by atoms with Crippen LogP contribution in [0.3, 0.4) is 0 Å². The molecular weight excluding hydrogens is 390 g/mol. The van der Waals surface area contributed by atoms with Crippen molar-refractivity contribution in [3.63, 3.8) is 0 Å². The fourth-order valence-corrected chi connectivity index (χ4v) is 3.23. The SMILES string of the molecule is Cc1c(Oc2ccc(S(=O)(=O)O)cc2)ncnc1OC1CCN(C(=O)O)CC1. The van der Waals surface area contributed by atoms with E-state index in [0.717, 1.165) is 0 Å². The third-order valence-corrected chi connectivity index (χ3v) is 5.19. The largest absolute Gasteiger partial charge is 0.474 e. The first-order valence-corrected chi connectivity index (χ1v) is 9.89. The molecule has 2 heterocycles. The van der Waals surface area contributed by atoms with Crippen molar-refractivity contribution in [1.82, 2.24) is 14.9 Å². The van der Waals surface area contributed by atoms with E-state index in [9.17, 15) is 13.2 Å². The fraction of sp³-hybridized carbons (Fsp3) is 0.353. The molecule has 0 spiro atoms. The normalized spacial score (nSPS) is 15.3. The zero-order valence-electron chi connectivity index (χ0n) is 15.0. The number of hydrogen-bond acceptors (Lipinski definition) is 7. The van der Waals surface area contributed by atoms with E-state index in [4.69, 9.17) is 19.1 Å². The number of ether oxygens (including phenoxy) is 2. The zero-order valence-corrected chi connectivity index (χ0v) is 15.8. The Morgan fingerprint density at radius 2 is 1.75 bits per heavy atom. The second-order valence-electron chi connectivity index (χ2n) is 6.24. The molecule has 2 aromatic rings. The summed E-state index contributed by atoms with van der Waals surface area (Å²) in [7, 11) is -4.27. The highest BCUT2D eigenvalue weighted by atomic mass is 32.2. The number of carboxylic acid groups (broad SMARTS) is 1. The van der Waals surface area contributed by atoms with Crippen molar-refractivity contribution in [1.29, 1.82) is 0 Å². The highest BCUT2D eigenvalue weighted by molar-refractivity contribution is 7.85. The number of rotatable bonds is 5. The molecule has 1 aromatic heterocycles. The van der Waals surface area contributed by atoms with Gasteiger partial charge in [0.1, 0.15) is 18.2 Å². The summed E-state index contributed by atoms with van der Waals surface area (Å²) < 4.78 is 42.7. The Hall–Kier alpha value is -2.92. The Balaban J connectivity index is 1.69. The second-order valence-corrected chi connectivity index (χ2v) is 7.67. The average Bonchev–Trinajstić information content (AvgIpc) is 2.65. The molecule has 1 amide bonds. The molecule has 10 nitrogen and oxygen atoms in total. The predicted molar refractivity (Wildman–Crippen MR) is 96.3 cm³/mol. The molecule has 11 heteroatoms. The lowest BCUT2D eigenvalue weighted by Gasteiger charge is -2.30. The first-order valence-electron chi connectivity index (χ1n) is 8.45. The minimum absolute atomic E-state index is 0.161. The van der Waals surface area contributed by atoms with Crippen molar-refractivity contribution < 1.29 is 32.3 Å². The van der Waals surface area contributed by atoms with Gasteiger partial charge >= 0.3 is 6.09 Å². The lowest BCUT2D eigenvalue weighted by Crippen LogP contribution is -2.41. The first kappa shape index (κ1) is 19.8. The van der Waals surface area contributed by atoms with E-state index in [1.807, 2.05) is 0 Å². The zero-order chi connectivity index (χ0) is 20.3. The molecule has 2 N–H and O–H groups in total. The molecule has 3 rings (SSSR count). The number of amides is 1. The molecule has 0 saturated carbocycles. The molecule has 0 bridgehead atoms. The maximum Gasteiger partial charge on any atom is 0.407 e. The summed E-state index contributed by atoms with van der Waals surface area (Å²) in [5.41, 5.74) is 0.557. The van der Waals surface area contributed by atoms with E-state index >= 15 is 0 Å². The minimum atomic E-state index is -4.27. The van der Waals surface area contributed by atoms with Crippen LogP contribution in [-0.2, 0) is 10.1 Å². The number of hydrogen-bond donors (Lipinski definition) is 2. The highest BCUT2D eigenvalue weighted by Gasteiger charge is 2.24. The monoisotopic (exact) mass is 409 g/mol. The molecule has 0 aliphatic carbocycles. The summed E-state index contributed by atoms with van der Waals surface area (Å²) in [6.45, 7) is 2.52. The van der Waals surface area contributed by atoms with Gasteiger partial charge in [-0.2, -0.15) is 8.42 Å². The van der Waals surface area contributed by atoms with Crippen LogP contribution in [0.2, 0.25) is 0 Å². The standard InChI is InChI=1S/C17H19N3O7S/c1-11-15(26-12-2-4-14(5-3-12)28(23,24)25)18-10-19-16(11)27-13-6-8-20(9-7-13)17(21)22/h2-5,10,13H,6-9H2,1H3,(H,21,22)(H,23,24,25). The maximum atomic E-state index is 11.1. The van der Waals surface area contributed by atoms with Crippen molar-refractivity contribution in [2.45, 2.75) is 30.8 Å². The van der Waals surface area contributed by atoms with Crippen LogP contribution >= 0.6 is 0 Å². The number of benzene rings is 1. The van der Waals surface area contributed by atoms with Crippen molar-refractivity contribution in [3.05, 3.63) is 36.2 Å². The van der Waals surface area contributed by atoms with Crippen LogP contribution in [0.25, 0.3) is 0 Å². The summed E-state index contributed by atoms with van der Waals surface area (Å²) >= 11 is 0. The summed E-state index contributed by atoms with van der Waals surface area (Å²) in [4.78, 5) is 20.3. The average molecular weight is 409 g/mol. The third kappa shape index (κ3) is 4.67. The predicted octanol–water partition coefficient (Wildman–Crippen LogP) is 2.35. The highest BCUT2D eigenvalue weighted by Crippen LogP contribution is 2.29.